The molecule has 3 heterocycles. The number of Topliss-reactive ketones (excluding diaryl/α,β-unsaturated/α-hetero) is 1. The third-order valence-corrected chi connectivity index (χ3v) is 8.08. The third kappa shape index (κ3) is 5.44. The van der Waals surface area contributed by atoms with Gasteiger partial charge in [-0.25, -0.2) is 14.3 Å². The lowest BCUT2D eigenvalue weighted by molar-refractivity contribution is -0.125. The lowest BCUT2D eigenvalue weighted by Crippen LogP contribution is -2.31. The van der Waals surface area contributed by atoms with Crippen molar-refractivity contribution in [2.75, 3.05) is 6.61 Å². The van der Waals surface area contributed by atoms with E-state index < -0.39 is 23.9 Å². The first-order valence-corrected chi connectivity index (χ1v) is 14.4. The molecule has 0 saturated carbocycles. The van der Waals surface area contributed by atoms with Crippen LogP contribution in [0.25, 0.3) is 5.65 Å². The topological polar surface area (TPSA) is 141 Å². The van der Waals surface area contributed by atoms with Gasteiger partial charge >= 0.3 is 5.97 Å². The molecular weight excluding hydrogens is 562 g/mol. The van der Waals surface area contributed by atoms with E-state index in [2.05, 4.69) is 27.3 Å². The van der Waals surface area contributed by atoms with Gasteiger partial charge in [-0.2, -0.15) is 5.10 Å². The fourth-order valence-corrected chi connectivity index (χ4v) is 5.74. The second kappa shape index (κ2) is 11.8. The van der Waals surface area contributed by atoms with Crippen molar-refractivity contribution in [1.29, 1.82) is 0 Å². The minimum Gasteiger partial charge on any atom is -0.483 e. The Bertz CT molecular complexity index is 1840. The summed E-state index contributed by atoms with van der Waals surface area (Å²) in [6.07, 6.45) is 4.20. The zero-order valence-corrected chi connectivity index (χ0v) is 24.4. The minimum atomic E-state index is -0.470. The van der Waals surface area contributed by atoms with Gasteiger partial charge in [0.2, 0.25) is 0 Å². The molecule has 2 aromatic heterocycles. The Morgan fingerprint density at radius 1 is 1.16 bits per heavy atom. The van der Waals surface area contributed by atoms with Gasteiger partial charge in [0.1, 0.15) is 23.7 Å². The number of hydrogen-bond donors (Lipinski definition) is 2. The van der Waals surface area contributed by atoms with Crippen LogP contribution in [0.2, 0.25) is 0 Å². The maximum Gasteiger partial charge on any atom is 0.338 e. The molecule has 0 fully saturated rings. The predicted molar refractivity (Wildman–Crippen MR) is 160 cm³/mol. The second-order valence-electron chi connectivity index (χ2n) is 10.9. The van der Waals surface area contributed by atoms with Gasteiger partial charge in [-0.15, -0.1) is 0 Å². The number of benzene rings is 2. The third-order valence-electron chi connectivity index (χ3n) is 8.08. The van der Waals surface area contributed by atoms with E-state index in [0.29, 0.717) is 29.8 Å². The number of esters is 1. The van der Waals surface area contributed by atoms with Crippen molar-refractivity contribution in [3.05, 3.63) is 106 Å². The zero-order valence-electron chi connectivity index (χ0n) is 24.4. The summed E-state index contributed by atoms with van der Waals surface area (Å²) < 4.78 is 12.3. The number of rotatable bonds is 8. The molecule has 4 aromatic rings. The predicted octanol–water partition coefficient (Wildman–Crippen LogP) is 3.62. The zero-order chi connectivity index (χ0) is 31.0. The number of nitrogens with zero attached hydrogens (tertiary/aromatic N) is 3. The molecule has 1 aliphatic heterocycles. The quantitative estimate of drug-likeness (QED) is 0.233. The Hall–Kier alpha value is -5.32. The van der Waals surface area contributed by atoms with Gasteiger partial charge in [-0.3, -0.25) is 14.4 Å². The summed E-state index contributed by atoms with van der Waals surface area (Å²) in [4.78, 5) is 55.7. The molecule has 2 atom stereocenters. The summed E-state index contributed by atoms with van der Waals surface area (Å²) in [5, 5.41) is 10.2. The molecule has 1 aliphatic carbocycles. The number of ketones is 1. The number of carbonyl (C=O) groups is 4. The summed E-state index contributed by atoms with van der Waals surface area (Å²) in [5.41, 5.74) is 5.44. The molecule has 1 unspecified atom stereocenters. The first kappa shape index (κ1) is 28.8. The van der Waals surface area contributed by atoms with Crippen molar-refractivity contribution < 1.29 is 28.7 Å². The Labute approximate surface area is 253 Å². The van der Waals surface area contributed by atoms with E-state index in [-0.39, 0.29) is 42.8 Å². The molecule has 2 aromatic carbocycles. The van der Waals surface area contributed by atoms with Crippen molar-refractivity contribution in [1.82, 2.24) is 25.2 Å². The largest absolute Gasteiger partial charge is 0.483 e. The van der Waals surface area contributed by atoms with Crippen LogP contribution in [0, 0.1) is 6.92 Å². The van der Waals surface area contributed by atoms with E-state index in [1.165, 1.54) is 22.9 Å². The Kier molecular flexibility index (Phi) is 7.69. The van der Waals surface area contributed by atoms with Gasteiger partial charge in [0.05, 0.1) is 17.8 Å². The van der Waals surface area contributed by atoms with Gasteiger partial charge in [0, 0.05) is 30.7 Å². The first-order chi connectivity index (χ1) is 21.2. The summed E-state index contributed by atoms with van der Waals surface area (Å²) in [6, 6.07) is 11.8. The van der Waals surface area contributed by atoms with Crippen molar-refractivity contribution in [3.63, 3.8) is 0 Å². The summed E-state index contributed by atoms with van der Waals surface area (Å²) in [6.45, 7) is 7.52. The number of nitrogens with one attached hydrogen (secondary N) is 2. The van der Waals surface area contributed by atoms with Crippen LogP contribution in [-0.2, 0) is 28.9 Å². The number of aromatic nitrogens is 3. The number of hydrogen-bond acceptors (Lipinski definition) is 8. The highest BCUT2D eigenvalue weighted by Gasteiger charge is 2.29. The molecule has 44 heavy (non-hydrogen) atoms. The van der Waals surface area contributed by atoms with Crippen molar-refractivity contribution in [3.8, 4) is 5.75 Å². The molecule has 2 aliphatic rings. The van der Waals surface area contributed by atoms with Gasteiger partial charge in [-0.05, 0) is 67.1 Å². The van der Waals surface area contributed by atoms with Gasteiger partial charge in [0.15, 0.2) is 17.5 Å². The van der Waals surface area contributed by atoms with Crippen LogP contribution in [0.1, 0.15) is 78.5 Å². The fourth-order valence-electron chi connectivity index (χ4n) is 5.74. The van der Waals surface area contributed by atoms with E-state index in [9.17, 15) is 19.2 Å². The second-order valence-corrected chi connectivity index (χ2v) is 10.9. The Morgan fingerprint density at radius 3 is 2.82 bits per heavy atom. The molecule has 6 rings (SSSR count). The molecule has 11 nitrogen and oxygen atoms in total. The molecule has 0 saturated heterocycles. The van der Waals surface area contributed by atoms with Crippen LogP contribution in [0.3, 0.4) is 0 Å². The molecule has 0 spiro atoms. The maximum atomic E-state index is 13.6. The summed E-state index contributed by atoms with van der Waals surface area (Å²) in [7, 11) is 0. The van der Waals surface area contributed by atoms with Crippen LogP contribution in [0.15, 0.2) is 61.3 Å². The minimum absolute atomic E-state index is 0.00716. The number of fused-ring (bicyclic) bond motifs is 3. The highest BCUT2D eigenvalue weighted by molar-refractivity contribution is 5.98. The van der Waals surface area contributed by atoms with Crippen LogP contribution in [-0.4, -0.2) is 50.9 Å². The molecule has 0 radical (unpaired) electrons. The molecule has 224 valence electrons. The molecule has 2 N–H and O–H groups in total. The van der Waals surface area contributed by atoms with Crippen molar-refractivity contribution in [2.45, 2.75) is 51.8 Å². The monoisotopic (exact) mass is 593 g/mol. The number of ether oxygens (including phenoxy) is 2. The van der Waals surface area contributed by atoms with E-state index in [4.69, 9.17) is 9.47 Å². The van der Waals surface area contributed by atoms with Crippen LogP contribution >= 0.6 is 0 Å². The van der Waals surface area contributed by atoms with Crippen LogP contribution in [0.5, 0.6) is 5.75 Å². The Morgan fingerprint density at radius 2 is 2.00 bits per heavy atom. The smallest absolute Gasteiger partial charge is 0.338 e. The summed E-state index contributed by atoms with van der Waals surface area (Å²) in [5.74, 6) is -0.602. The van der Waals surface area contributed by atoms with Gasteiger partial charge in [0.25, 0.3) is 11.8 Å². The highest BCUT2D eigenvalue weighted by Crippen LogP contribution is 2.35. The molecule has 11 heteroatoms. The normalized spacial score (nSPS) is 16.9. The van der Waals surface area contributed by atoms with Crippen molar-refractivity contribution >= 4 is 29.2 Å². The Balaban J connectivity index is 1.18. The molecule has 0 bridgehead atoms. The maximum absolute atomic E-state index is 13.6. The van der Waals surface area contributed by atoms with Gasteiger partial charge < -0.3 is 20.1 Å². The average Bonchev–Trinajstić information content (AvgIpc) is 3.66. The molecular formula is C33H31N5O6. The SMILES string of the molecule is C=CCOC(=O)c1ccc2c(c1C)CC[C@@H]2NC(=O)c1cc(C(=O)NCc2ccc3c(c2)CC(=O)C(C)O3)nc2ccnn12. The standard InChI is InChI=1S/C33H31N5O6/c1-4-13-43-33(42)23-6-7-24-22(18(23)2)8-9-25(24)37-32(41)27-16-26(36-30-11-12-35-38(27)30)31(40)34-17-20-5-10-29-21(14-20)15-28(39)19(3)44-29/h4-7,10-12,14,16,19,25H,1,8-9,13,15,17H2,2-3H3,(H,34,40)(H,37,41)/t19?,25-/m0/s1. The number of carbonyl (C=O) groups excluding carboxylic acids is 4. The highest BCUT2D eigenvalue weighted by atomic mass is 16.5. The van der Waals surface area contributed by atoms with Crippen LogP contribution < -0.4 is 15.4 Å². The van der Waals surface area contributed by atoms with Crippen LogP contribution in [0.4, 0.5) is 0 Å². The van der Waals surface area contributed by atoms with E-state index in [1.807, 2.05) is 25.1 Å². The first-order valence-electron chi connectivity index (χ1n) is 14.4. The number of amides is 2. The fraction of sp³-hybridized carbons (Fsp3) is 0.273. The average molecular weight is 594 g/mol. The lowest BCUT2D eigenvalue weighted by Gasteiger charge is -2.22. The van der Waals surface area contributed by atoms with E-state index in [1.54, 1.807) is 25.1 Å². The van der Waals surface area contributed by atoms with Gasteiger partial charge in [-0.1, -0.05) is 24.8 Å². The van der Waals surface area contributed by atoms with Crippen molar-refractivity contribution in [2.24, 2.45) is 0 Å². The lowest BCUT2D eigenvalue weighted by atomic mass is 9.98. The van der Waals surface area contributed by atoms with E-state index in [0.717, 1.165) is 27.8 Å². The molecule has 2 amide bonds. The van der Waals surface area contributed by atoms with E-state index >= 15 is 0 Å². The summed E-state index contributed by atoms with van der Waals surface area (Å²) >= 11 is 0.